The number of carbonyl (C=O) groups excluding carboxylic acids is 2. The van der Waals surface area contributed by atoms with Gasteiger partial charge in [-0.25, -0.2) is 0 Å². The van der Waals surface area contributed by atoms with E-state index in [2.05, 4.69) is 5.32 Å². The normalized spacial score (nSPS) is 37.5. The second-order valence-electron chi connectivity index (χ2n) is 7.61. The van der Waals surface area contributed by atoms with Gasteiger partial charge in [0.1, 0.15) is 24.0 Å². The Balaban J connectivity index is 1.64. The first-order valence-electron chi connectivity index (χ1n) is 8.42. The third-order valence-corrected chi connectivity index (χ3v) is 7.64. The molecule has 0 aromatic heterocycles. The van der Waals surface area contributed by atoms with E-state index in [1.807, 2.05) is 13.0 Å². The number of nitrogens with zero attached hydrogens (tertiary/aromatic N) is 1. The van der Waals surface area contributed by atoms with Crippen LogP contribution < -0.4 is 5.32 Å². The largest absolute Gasteiger partial charge is 0.458 e. The van der Waals surface area contributed by atoms with E-state index in [0.29, 0.717) is 12.8 Å². The van der Waals surface area contributed by atoms with Gasteiger partial charge in [-0.1, -0.05) is 20.8 Å². The molecule has 138 valence electrons. The number of nitrogens with one attached hydrogen (secondary N) is 1. The van der Waals surface area contributed by atoms with Gasteiger partial charge >= 0.3 is 5.97 Å². The first-order valence-corrected chi connectivity index (χ1v) is 9.89. The first-order chi connectivity index (χ1) is 11.6. The van der Waals surface area contributed by atoms with Crippen LogP contribution in [0.2, 0.25) is 0 Å². The number of esters is 1. The molecule has 1 saturated heterocycles. The van der Waals surface area contributed by atoms with Crippen molar-refractivity contribution in [3.63, 3.8) is 0 Å². The topological polar surface area (TPSA) is 123 Å². The highest BCUT2D eigenvalue weighted by Gasteiger charge is 2.70. The van der Waals surface area contributed by atoms with Gasteiger partial charge in [0.25, 0.3) is 10.1 Å². The summed E-state index contributed by atoms with van der Waals surface area (Å²) in [5.74, 6) is -2.27. The lowest BCUT2D eigenvalue weighted by Gasteiger charge is -2.28. The van der Waals surface area contributed by atoms with Crippen molar-refractivity contribution in [2.45, 2.75) is 51.1 Å². The summed E-state index contributed by atoms with van der Waals surface area (Å²) >= 11 is 0. The maximum absolute atomic E-state index is 12.1. The van der Waals surface area contributed by atoms with Crippen molar-refractivity contribution in [2.75, 3.05) is 6.54 Å². The van der Waals surface area contributed by atoms with Crippen LogP contribution in [0.4, 0.5) is 0 Å². The molecule has 1 aliphatic heterocycles. The highest BCUT2D eigenvalue weighted by atomic mass is 32.2. The Hall–Kier alpha value is -1.66. The van der Waals surface area contributed by atoms with E-state index >= 15 is 0 Å². The average Bonchev–Trinajstić information content (AvgIpc) is 3.14. The minimum Gasteiger partial charge on any atom is -0.458 e. The molecule has 6 atom stereocenters. The number of hydrogen-bond donors (Lipinski definition) is 1. The van der Waals surface area contributed by atoms with Gasteiger partial charge in [-0.3, -0.25) is 13.8 Å². The second-order valence-corrected chi connectivity index (χ2v) is 9.33. The van der Waals surface area contributed by atoms with E-state index in [9.17, 15) is 23.3 Å². The summed E-state index contributed by atoms with van der Waals surface area (Å²) in [4.78, 5) is 24.1. The predicted molar refractivity (Wildman–Crippen MR) is 85.2 cm³/mol. The van der Waals surface area contributed by atoms with E-state index < -0.39 is 44.9 Å². The van der Waals surface area contributed by atoms with Crippen molar-refractivity contribution >= 4 is 22.0 Å². The molecule has 25 heavy (non-hydrogen) atoms. The van der Waals surface area contributed by atoms with Crippen molar-refractivity contribution < 1.29 is 26.9 Å². The Bertz CT molecular complexity index is 740. The smallest absolute Gasteiger partial charge is 0.325 e. The SMILES string of the molecule is CCC(C)(C)C(=O)NCC(=O)OC1C2CC3C1OS(=O)(=O)C3C2C#N. The molecular weight excluding hydrogens is 348 g/mol. The minimum atomic E-state index is -3.79. The molecule has 3 rings (SSSR count). The Morgan fingerprint density at radius 2 is 2.04 bits per heavy atom. The number of amides is 1. The van der Waals surface area contributed by atoms with Gasteiger partial charge < -0.3 is 10.1 Å². The number of ether oxygens (including phenoxy) is 1. The van der Waals surface area contributed by atoms with Crippen LogP contribution in [-0.4, -0.2) is 44.3 Å². The molecule has 0 aromatic rings. The molecule has 8 nitrogen and oxygen atoms in total. The monoisotopic (exact) mass is 370 g/mol. The molecule has 0 aromatic carbocycles. The third kappa shape index (κ3) is 2.81. The molecule has 0 radical (unpaired) electrons. The van der Waals surface area contributed by atoms with Gasteiger partial charge in [0, 0.05) is 17.3 Å². The number of hydrogen-bond acceptors (Lipinski definition) is 7. The minimum absolute atomic E-state index is 0.255. The molecule has 0 spiro atoms. The molecule has 1 heterocycles. The molecule has 1 amide bonds. The van der Waals surface area contributed by atoms with Crippen LogP contribution in [0.5, 0.6) is 0 Å². The standard InChI is InChI=1S/C16H22N2O6S/c1-4-16(2,3)15(20)18-7-11(19)23-12-8-5-9-13(12)24-25(21,22)14(9)10(8)6-17/h8-10,12-14H,4-5,7H2,1-3H3,(H,18,20). The highest BCUT2D eigenvalue weighted by molar-refractivity contribution is 7.87. The fraction of sp³-hybridized carbons (Fsp3) is 0.812. The van der Waals surface area contributed by atoms with Crippen LogP contribution in [0.1, 0.15) is 33.6 Å². The molecule has 2 saturated carbocycles. The van der Waals surface area contributed by atoms with Crippen LogP contribution in [0, 0.1) is 34.5 Å². The third-order valence-electron chi connectivity index (χ3n) is 5.84. The lowest BCUT2D eigenvalue weighted by atomic mass is 9.85. The molecule has 3 fully saturated rings. The maximum atomic E-state index is 12.1. The molecule has 6 unspecified atom stereocenters. The number of carbonyl (C=O) groups is 2. The Kier molecular flexibility index (Phi) is 4.32. The summed E-state index contributed by atoms with van der Waals surface area (Å²) in [5.41, 5.74) is -0.589. The highest BCUT2D eigenvalue weighted by Crippen LogP contribution is 2.58. The quantitative estimate of drug-likeness (QED) is 0.547. The maximum Gasteiger partial charge on any atom is 0.325 e. The predicted octanol–water partition coefficient (Wildman–Crippen LogP) is 0.337. The lowest BCUT2D eigenvalue weighted by molar-refractivity contribution is -0.156. The average molecular weight is 370 g/mol. The van der Waals surface area contributed by atoms with Crippen molar-refractivity contribution in [3.05, 3.63) is 0 Å². The molecule has 9 heteroatoms. The first kappa shape index (κ1) is 18.1. The molecular formula is C16H22N2O6S. The van der Waals surface area contributed by atoms with Gasteiger partial charge in [-0.2, -0.15) is 13.7 Å². The van der Waals surface area contributed by atoms with E-state index in [1.165, 1.54) is 0 Å². The van der Waals surface area contributed by atoms with Crippen molar-refractivity contribution in [1.82, 2.24) is 5.32 Å². The summed E-state index contributed by atoms with van der Waals surface area (Å²) in [7, 11) is -3.79. The van der Waals surface area contributed by atoms with Crippen LogP contribution >= 0.6 is 0 Å². The summed E-state index contributed by atoms with van der Waals surface area (Å²) < 4.78 is 34.7. The summed E-state index contributed by atoms with van der Waals surface area (Å²) in [6, 6.07) is 2.04. The molecule has 2 bridgehead atoms. The summed E-state index contributed by atoms with van der Waals surface area (Å²) in [6.45, 7) is 5.14. The number of rotatable bonds is 5. The van der Waals surface area contributed by atoms with Gasteiger partial charge in [0.05, 0.1) is 12.0 Å². The fourth-order valence-corrected chi connectivity index (χ4v) is 6.07. The lowest BCUT2D eigenvalue weighted by Crippen LogP contribution is -2.44. The van der Waals surface area contributed by atoms with Crippen molar-refractivity contribution in [3.8, 4) is 6.07 Å². The van der Waals surface area contributed by atoms with Gasteiger partial charge in [0.2, 0.25) is 5.91 Å². The summed E-state index contributed by atoms with van der Waals surface area (Å²) in [5, 5.41) is 11.0. The van der Waals surface area contributed by atoms with Crippen molar-refractivity contribution in [2.24, 2.45) is 23.2 Å². The van der Waals surface area contributed by atoms with Crippen LogP contribution in [-0.2, 0) is 28.6 Å². The second kappa shape index (κ2) is 5.95. The molecule has 3 aliphatic rings. The molecule has 2 aliphatic carbocycles. The summed E-state index contributed by atoms with van der Waals surface area (Å²) in [6.07, 6.45) is -0.345. The van der Waals surface area contributed by atoms with E-state index in [0.717, 1.165) is 0 Å². The van der Waals surface area contributed by atoms with Gasteiger partial charge in [-0.15, -0.1) is 0 Å². The van der Waals surface area contributed by atoms with Gasteiger partial charge in [-0.05, 0) is 12.8 Å². The van der Waals surface area contributed by atoms with E-state index in [4.69, 9.17) is 8.92 Å². The zero-order valence-corrected chi connectivity index (χ0v) is 15.2. The molecule has 1 N–H and O–H groups in total. The van der Waals surface area contributed by atoms with Crippen molar-refractivity contribution in [1.29, 1.82) is 5.26 Å². The Morgan fingerprint density at radius 1 is 1.36 bits per heavy atom. The van der Waals surface area contributed by atoms with Crippen LogP contribution in [0.15, 0.2) is 0 Å². The Labute approximate surface area is 147 Å². The van der Waals surface area contributed by atoms with E-state index in [1.54, 1.807) is 13.8 Å². The number of fused-ring (bicyclic) bond motifs is 1. The van der Waals surface area contributed by atoms with E-state index in [-0.39, 0.29) is 24.3 Å². The zero-order chi connectivity index (χ0) is 18.6. The van der Waals surface area contributed by atoms with Crippen LogP contribution in [0.3, 0.4) is 0 Å². The Morgan fingerprint density at radius 3 is 2.64 bits per heavy atom. The number of nitriles is 1. The van der Waals surface area contributed by atoms with Gasteiger partial charge in [0.15, 0.2) is 0 Å². The zero-order valence-electron chi connectivity index (χ0n) is 14.4. The fourth-order valence-electron chi connectivity index (χ4n) is 4.06. The van der Waals surface area contributed by atoms with Crippen LogP contribution in [0.25, 0.3) is 0 Å².